The van der Waals surface area contributed by atoms with Gasteiger partial charge in [-0.05, 0) is 53.6 Å². The lowest BCUT2D eigenvalue weighted by Gasteiger charge is -2.10. The summed E-state index contributed by atoms with van der Waals surface area (Å²) in [5.74, 6) is 1.05. The number of ketones is 1. The molecule has 3 rings (SSSR count). The Morgan fingerprint density at radius 1 is 1.32 bits per heavy atom. The average Bonchev–Trinajstić information content (AvgIpc) is 3.28. The number of aryl methyl sites for hydroxylation is 2. The maximum absolute atomic E-state index is 12.4. The summed E-state index contributed by atoms with van der Waals surface area (Å²) < 4.78 is 7.01. The zero-order chi connectivity index (χ0) is 17.8. The third-order valence-electron chi connectivity index (χ3n) is 3.62. The summed E-state index contributed by atoms with van der Waals surface area (Å²) in [6.45, 7) is 4.07. The molecule has 2 heterocycles. The van der Waals surface area contributed by atoms with Gasteiger partial charge in [-0.2, -0.15) is 4.68 Å². The van der Waals surface area contributed by atoms with Crippen molar-refractivity contribution in [2.45, 2.75) is 25.4 Å². The predicted octanol–water partition coefficient (Wildman–Crippen LogP) is 3.58. The number of rotatable bonds is 7. The second-order valence-electron chi connectivity index (χ2n) is 5.38. The SMILES string of the molecule is CCc1ccc(C(=O)CSc2nnnn2-c2cc(C)ccc2OC)s1. The monoisotopic (exact) mass is 374 g/mol. The fourth-order valence-corrected chi connectivity index (χ4v) is 4.05. The van der Waals surface area contributed by atoms with Gasteiger partial charge in [0.15, 0.2) is 5.78 Å². The van der Waals surface area contributed by atoms with Crippen LogP contribution in [0.3, 0.4) is 0 Å². The van der Waals surface area contributed by atoms with Crippen LogP contribution in [0.5, 0.6) is 5.75 Å². The standard InChI is InChI=1S/C17H18N4O2S2/c1-4-12-6-8-16(25-12)14(22)10-24-17-18-19-20-21(17)13-9-11(2)5-7-15(13)23-3/h5-9H,4,10H2,1-3H3. The molecule has 25 heavy (non-hydrogen) atoms. The molecule has 0 unspecified atom stereocenters. The number of Topliss-reactive ketones (excluding diaryl/α,β-unsaturated/α-hetero) is 1. The molecular weight excluding hydrogens is 356 g/mol. The van der Waals surface area contributed by atoms with E-state index in [1.165, 1.54) is 16.6 Å². The number of benzene rings is 1. The van der Waals surface area contributed by atoms with Gasteiger partial charge in [0, 0.05) is 4.88 Å². The van der Waals surface area contributed by atoms with Crippen LogP contribution < -0.4 is 4.74 Å². The maximum atomic E-state index is 12.4. The van der Waals surface area contributed by atoms with Gasteiger partial charge >= 0.3 is 0 Å². The van der Waals surface area contributed by atoms with Crippen LogP contribution in [-0.4, -0.2) is 38.9 Å². The van der Waals surface area contributed by atoms with Crippen molar-refractivity contribution >= 4 is 28.9 Å². The van der Waals surface area contributed by atoms with Gasteiger partial charge < -0.3 is 4.74 Å². The summed E-state index contributed by atoms with van der Waals surface area (Å²) in [5, 5.41) is 12.4. The topological polar surface area (TPSA) is 69.9 Å². The Morgan fingerprint density at radius 3 is 2.88 bits per heavy atom. The van der Waals surface area contributed by atoms with Crippen LogP contribution >= 0.6 is 23.1 Å². The molecule has 0 bridgehead atoms. The molecule has 0 radical (unpaired) electrons. The first kappa shape index (κ1) is 17.6. The van der Waals surface area contributed by atoms with Gasteiger partial charge in [-0.3, -0.25) is 4.79 Å². The van der Waals surface area contributed by atoms with E-state index in [2.05, 4.69) is 22.4 Å². The van der Waals surface area contributed by atoms with Gasteiger partial charge in [-0.15, -0.1) is 16.4 Å². The molecule has 0 aliphatic carbocycles. The van der Waals surface area contributed by atoms with Crippen molar-refractivity contribution < 1.29 is 9.53 Å². The van der Waals surface area contributed by atoms with Gasteiger partial charge in [0.1, 0.15) is 11.4 Å². The molecule has 1 aromatic carbocycles. The van der Waals surface area contributed by atoms with Crippen molar-refractivity contribution in [2.24, 2.45) is 0 Å². The quantitative estimate of drug-likeness (QED) is 0.465. The number of methoxy groups -OCH3 is 1. The minimum absolute atomic E-state index is 0.0838. The van der Waals surface area contributed by atoms with Crippen LogP contribution in [0.4, 0.5) is 0 Å². The summed E-state index contributed by atoms with van der Waals surface area (Å²) in [5.41, 5.74) is 1.83. The number of ether oxygens (including phenoxy) is 1. The van der Waals surface area contributed by atoms with Gasteiger partial charge in [0.25, 0.3) is 0 Å². The molecule has 130 valence electrons. The van der Waals surface area contributed by atoms with Crippen molar-refractivity contribution in [3.8, 4) is 11.4 Å². The number of carbonyl (C=O) groups is 1. The lowest BCUT2D eigenvalue weighted by Crippen LogP contribution is -2.05. The molecule has 8 heteroatoms. The molecule has 0 saturated carbocycles. The highest BCUT2D eigenvalue weighted by Gasteiger charge is 2.16. The smallest absolute Gasteiger partial charge is 0.214 e. The molecule has 0 fully saturated rings. The normalized spacial score (nSPS) is 10.8. The highest BCUT2D eigenvalue weighted by molar-refractivity contribution is 7.99. The molecule has 0 aliphatic heterocycles. The van der Waals surface area contributed by atoms with E-state index in [0.29, 0.717) is 10.9 Å². The number of hydrogen-bond acceptors (Lipinski definition) is 7. The third-order valence-corrected chi connectivity index (χ3v) is 5.81. The molecule has 0 atom stereocenters. The number of tetrazole rings is 1. The van der Waals surface area contributed by atoms with E-state index in [1.54, 1.807) is 23.1 Å². The molecule has 6 nitrogen and oxygen atoms in total. The fraction of sp³-hybridized carbons (Fsp3) is 0.294. The molecule has 0 amide bonds. The van der Waals surface area contributed by atoms with Crippen molar-refractivity contribution in [3.63, 3.8) is 0 Å². The minimum atomic E-state index is 0.0838. The van der Waals surface area contributed by atoms with Crippen LogP contribution in [0.1, 0.15) is 27.0 Å². The van der Waals surface area contributed by atoms with Gasteiger partial charge in [-0.1, -0.05) is 24.8 Å². The third kappa shape index (κ3) is 3.91. The van der Waals surface area contributed by atoms with Crippen LogP contribution in [0.15, 0.2) is 35.5 Å². The Hall–Kier alpha value is -2.19. The van der Waals surface area contributed by atoms with Crippen molar-refractivity contribution in [1.82, 2.24) is 20.2 Å². The van der Waals surface area contributed by atoms with E-state index < -0.39 is 0 Å². The lowest BCUT2D eigenvalue weighted by molar-refractivity contribution is 0.102. The number of nitrogens with zero attached hydrogens (tertiary/aromatic N) is 4. The summed E-state index contributed by atoms with van der Waals surface area (Å²) in [6, 6.07) is 9.69. The highest BCUT2D eigenvalue weighted by Crippen LogP contribution is 2.28. The summed E-state index contributed by atoms with van der Waals surface area (Å²) in [6.07, 6.45) is 0.941. The Balaban J connectivity index is 1.78. The first-order chi connectivity index (χ1) is 12.1. The highest BCUT2D eigenvalue weighted by atomic mass is 32.2. The zero-order valence-electron chi connectivity index (χ0n) is 14.2. The Labute approximate surface area is 154 Å². The second-order valence-corrected chi connectivity index (χ2v) is 7.49. The summed E-state index contributed by atoms with van der Waals surface area (Å²) >= 11 is 2.87. The van der Waals surface area contributed by atoms with Crippen LogP contribution in [0.25, 0.3) is 5.69 Å². The van der Waals surface area contributed by atoms with Gasteiger partial charge in [0.05, 0.1) is 17.7 Å². The minimum Gasteiger partial charge on any atom is -0.494 e. The zero-order valence-corrected chi connectivity index (χ0v) is 15.9. The van der Waals surface area contributed by atoms with E-state index in [1.807, 2.05) is 37.3 Å². The Bertz CT molecular complexity index is 888. The van der Waals surface area contributed by atoms with Crippen LogP contribution in [0.2, 0.25) is 0 Å². The first-order valence-corrected chi connectivity index (χ1v) is 9.60. The van der Waals surface area contributed by atoms with Crippen molar-refractivity contribution in [1.29, 1.82) is 0 Å². The van der Waals surface area contributed by atoms with E-state index in [4.69, 9.17) is 4.74 Å². The number of hydrogen-bond donors (Lipinski definition) is 0. The van der Waals surface area contributed by atoms with Crippen LogP contribution in [0, 0.1) is 6.92 Å². The number of thiophene rings is 1. The van der Waals surface area contributed by atoms with Crippen molar-refractivity contribution in [3.05, 3.63) is 45.6 Å². The molecule has 2 aromatic heterocycles. The molecule has 0 aliphatic rings. The predicted molar refractivity (Wildman–Crippen MR) is 99.2 cm³/mol. The second kappa shape index (κ2) is 7.79. The molecular formula is C17H18N4O2S2. The van der Waals surface area contributed by atoms with E-state index in [-0.39, 0.29) is 11.5 Å². The van der Waals surface area contributed by atoms with Gasteiger partial charge in [0.2, 0.25) is 5.16 Å². The Morgan fingerprint density at radius 2 is 2.16 bits per heavy atom. The molecule has 0 spiro atoms. The molecule has 3 aromatic rings. The average molecular weight is 374 g/mol. The van der Waals surface area contributed by atoms with Gasteiger partial charge in [-0.25, -0.2) is 0 Å². The summed E-state index contributed by atoms with van der Waals surface area (Å²) in [4.78, 5) is 14.4. The van der Waals surface area contributed by atoms with E-state index in [0.717, 1.165) is 22.5 Å². The maximum Gasteiger partial charge on any atom is 0.214 e. The fourth-order valence-electron chi connectivity index (χ4n) is 2.30. The number of carbonyl (C=O) groups excluding carboxylic acids is 1. The Kier molecular flexibility index (Phi) is 5.50. The molecule has 0 N–H and O–H groups in total. The van der Waals surface area contributed by atoms with Crippen LogP contribution in [-0.2, 0) is 6.42 Å². The van der Waals surface area contributed by atoms with E-state index in [9.17, 15) is 4.79 Å². The first-order valence-electron chi connectivity index (χ1n) is 7.80. The van der Waals surface area contributed by atoms with E-state index >= 15 is 0 Å². The number of aromatic nitrogens is 4. The van der Waals surface area contributed by atoms with Crippen molar-refractivity contribution in [2.75, 3.05) is 12.9 Å². The largest absolute Gasteiger partial charge is 0.494 e. The lowest BCUT2D eigenvalue weighted by atomic mass is 10.2. The summed E-state index contributed by atoms with van der Waals surface area (Å²) in [7, 11) is 1.61. The molecule has 0 saturated heterocycles. The number of thioether (sulfide) groups is 1.